The first-order valence-corrected chi connectivity index (χ1v) is 6.38. The number of hydrogen-bond acceptors (Lipinski definition) is 4. The molecule has 0 fully saturated rings. The fourth-order valence-electron chi connectivity index (χ4n) is 1.30. The number of hydrazone groups is 1. The Bertz CT molecular complexity index is 570. The smallest absolute Gasteiger partial charge is 0.590 e. The number of thiocarbonyl (C=S) groups is 1. The van der Waals surface area contributed by atoms with E-state index in [0.29, 0.717) is 11.3 Å². The first kappa shape index (κ1) is 20.0. The molecule has 5 N–H and O–H groups in total. The van der Waals surface area contributed by atoms with Gasteiger partial charge < -0.3 is 15.6 Å². The molecule has 0 amide bonds. The standard InChI is InChI=1S/C9H11N3O2S.C5H5N.Pd/c1-14-7-4-2-3-6(8(7)13)5-11-12-9(10)15;1-2-4-6-5-3-1;/h2-5,13H,1H3,(H3,10,12,15);1-5H;/q;;+2/p+1. The van der Waals surface area contributed by atoms with E-state index in [-0.39, 0.29) is 31.3 Å². The molecule has 0 saturated carbocycles. The molecule has 118 valence electrons. The van der Waals surface area contributed by atoms with E-state index in [1.165, 1.54) is 13.3 Å². The van der Waals surface area contributed by atoms with Crippen molar-refractivity contribution in [2.24, 2.45) is 10.8 Å². The quantitative estimate of drug-likeness (QED) is 0.261. The van der Waals surface area contributed by atoms with Crippen molar-refractivity contribution < 1.29 is 30.3 Å². The van der Waals surface area contributed by atoms with E-state index in [0.717, 1.165) is 0 Å². The van der Waals surface area contributed by atoms with E-state index in [1.807, 2.05) is 18.2 Å². The number of nitrogens with zero attached hydrogens (tertiary/aromatic N) is 2. The molecule has 8 heteroatoms. The van der Waals surface area contributed by atoms with Gasteiger partial charge in [0.15, 0.2) is 5.11 Å². The van der Waals surface area contributed by atoms with Crippen molar-refractivity contribution >= 4 is 23.5 Å². The monoisotopic (exact) mass is 411 g/mol. The third kappa shape index (κ3) is 7.69. The summed E-state index contributed by atoms with van der Waals surface area (Å²) in [5.74, 6) is 0.766. The maximum atomic E-state index is 7.72. The molecular weight excluding hydrogens is 395 g/mol. The minimum Gasteiger partial charge on any atom is -0.590 e. The molecular formula is C14H17N4O2PdS+3. The van der Waals surface area contributed by atoms with E-state index in [9.17, 15) is 0 Å². The summed E-state index contributed by atoms with van der Waals surface area (Å²) in [6, 6.07) is 10.9. The number of nitrogens with two attached hydrogens (primary N) is 1. The summed E-state index contributed by atoms with van der Waals surface area (Å²) in [7, 11) is 1.52. The van der Waals surface area contributed by atoms with Gasteiger partial charge in [0.05, 0.1) is 18.9 Å². The molecule has 22 heavy (non-hydrogen) atoms. The van der Waals surface area contributed by atoms with E-state index >= 15 is 0 Å². The largest absolute Gasteiger partial charge is 2.00 e. The van der Waals surface area contributed by atoms with Crippen LogP contribution >= 0.6 is 12.2 Å². The number of rotatable bonds is 3. The predicted molar refractivity (Wildman–Crippen MR) is 87.8 cm³/mol. The molecule has 0 spiro atoms. The summed E-state index contributed by atoms with van der Waals surface area (Å²) in [6.45, 7) is 0. The molecule has 0 aliphatic carbocycles. The van der Waals surface area contributed by atoms with E-state index in [4.69, 9.17) is 15.6 Å². The van der Waals surface area contributed by atoms with Crippen LogP contribution in [-0.2, 0) is 20.4 Å². The third-order valence-electron chi connectivity index (χ3n) is 2.22. The average molecular weight is 412 g/mol. The van der Waals surface area contributed by atoms with Crippen molar-refractivity contribution in [2.45, 2.75) is 0 Å². The van der Waals surface area contributed by atoms with Gasteiger partial charge in [0.1, 0.15) is 0 Å². The molecule has 0 radical (unpaired) electrons. The van der Waals surface area contributed by atoms with Crippen LogP contribution in [0.4, 0.5) is 0 Å². The Kier molecular flexibility index (Phi) is 10.6. The molecule has 1 heterocycles. The molecule has 6 nitrogen and oxygen atoms in total. The first-order chi connectivity index (χ1) is 10.1. The zero-order chi connectivity index (χ0) is 15.5. The third-order valence-corrected chi connectivity index (χ3v) is 2.31. The molecule has 1 aromatic carbocycles. The zero-order valence-corrected chi connectivity index (χ0v) is 14.2. The Balaban J connectivity index is 0.000000529. The van der Waals surface area contributed by atoms with Crippen LogP contribution in [0.25, 0.3) is 0 Å². The zero-order valence-electron chi connectivity index (χ0n) is 11.8. The Morgan fingerprint density at radius 3 is 2.45 bits per heavy atom. The summed E-state index contributed by atoms with van der Waals surface area (Å²) in [5.41, 5.74) is 8.22. The second kappa shape index (κ2) is 11.6. The van der Waals surface area contributed by atoms with Gasteiger partial charge in [0.2, 0.25) is 5.75 Å². The van der Waals surface area contributed by atoms with Gasteiger partial charge >= 0.3 is 26.2 Å². The molecule has 0 saturated heterocycles. The van der Waals surface area contributed by atoms with Crippen molar-refractivity contribution in [3.63, 3.8) is 0 Å². The second-order valence-electron chi connectivity index (χ2n) is 3.68. The Morgan fingerprint density at radius 2 is 2.00 bits per heavy atom. The molecule has 0 aliphatic rings. The number of pyridine rings is 1. The molecule has 0 bridgehead atoms. The number of benzene rings is 1. The molecule has 2 aromatic rings. The van der Waals surface area contributed by atoms with Crippen LogP contribution in [0.2, 0.25) is 0 Å². The van der Waals surface area contributed by atoms with Crippen LogP contribution in [-0.4, -0.2) is 28.5 Å². The summed E-state index contributed by atoms with van der Waals surface area (Å²) < 4.78 is 4.99. The van der Waals surface area contributed by atoms with Crippen LogP contribution in [0.5, 0.6) is 11.5 Å². The minimum absolute atomic E-state index is 0. The minimum atomic E-state index is 0. The second-order valence-corrected chi connectivity index (χ2v) is 4.12. The predicted octanol–water partition coefficient (Wildman–Crippen LogP) is 1.38. The number of nitrogens with one attached hydrogen (secondary N) is 1. The fourth-order valence-corrected chi connectivity index (χ4v) is 1.36. The topological polar surface area (TPSA) is 95.4 Å². The number of aromatic nitrogens is 1. The molecule has 0 atom stereocenters. The van der Waals surface area contributed by atoms with Gasteiger partial charge in [-0.1, -0.05) is 12.1 Å². The maximum absolute atomic E-state index is 7.72. The maximum Gasteiger partial charge on any atom is 2.00 e. The van der Waals surface area contributed by atoms with E-state index in [1.54, 1.807) is 30.6 Å². The Hall–Kier alpha value is -2.01. The van der Waals surface area contributed by atoms with Crippen molar-refractivity contribution in [2.75, 3.05) is 7.11 Å². The van der Waals surface area contributed by atoms with Crippen molar-refractivity contribution in [3.05, 3.63) is 54.4 Å². The van der Waals surface area contributed by atoms with Crippen LogP contribution < -0.4 is 15.9 Å². The van der Waals surface area contributed by atoms with Gasteiger partial charge in [-0.2, -0.15) is 5.10 Å². The van der Waals surface area contributed by atoms with Crippen molar-refractivity contribution in [1.29, 1.82) is 0 Å². The van der Waals surface area contributed by atoms with Crippen LogP contribution in [0, 0.1) is 0 Å². The first-order valence-electron chi connectivity index (χ1n) is 5.97. The van der Waals surface area contributed by atoms with Crippen molar-refractivity contribution in [1.82, 2.24) is 10.4 Å². The van der Waals surface area contributed by atoms with Gasteiger partial charge in [0.25, 0.3) is 0 Å². The fraction of sp³-hybridized carbons (Fsp3) is 0.0714. The molecule has 0 unspecified atom stereocenters. The Labute approximate surface area is 148 Å². The van der Waals surface area contributed by atoms with E-state index in [2.05, 4.69) is 27.7 Å². The number of hydrogen-bond donors (Lipinski definition) is 2. The molecule has 1 aromatic heterocycles. The van der Waals surface area contributed by atoms with Crippen LogP contribution in [0.15, 0.2) is 53.9 Å². The van der Waals surface area contributed by atoms with Crippen molar-refractivity contribution in [3.8, 4) is 11.5 Å². The van der Waals surface area contributed by atoms with E-state index < -0.39 is 0 Å². The van der Waals surface area contributed by atoms with Crippen LogP contribution in [0.3, 0.4) is 0 Å². The number of para-hydroxylation sites is 1. The summed E-state index contributed by atoms with van der Waals surface area (Å²) >= 11 is 4.57. The Morgan fingerprint density at radius 1 is 1.32 bits per heavy atom. The number of ether oxygens (including phenoxy) is 1. The van der Waals surface area contributed by atoms with Gasteiger partial charge in [-0.05, 0) is 36.5 Å². The van der Waals surface area contributed by atoms with Gasteiger partial charge in [0, 0.05) is 12.4 Å². The normalized spacial score (nSPS) is 9.14. The summed E-state index contributed by atoms with van der Waals surface area (Å²) in [4.78, 5) is 3.78. The summed E-state index contributed by atoms with van der Waals surface area (Å²) in [5, 5.41) is 11.6. The average Bonchev–Trinajstić information content (AvgIpc) is 2.51. The molecule has 2 rings (SSSR count). The van der Waals surface area contributed by atoms with Crippen LogP contribution in [0.1, 0.15) is 5.56 Å². The van der Waals surface area contributed by atoms with Gasteiger partial charge in [-0.3, -0.25) is 10.4 Å². The SMILES string of the molecule is COc1cccc(C=NNC(N)=S)c1[OH2+].[Pd+2].c1ccncc1. The van der Waals surface area contributed by atoms with Gasteiger partial charge in [-0.15, -0.1) is 0 Å². The summed E-state index contributed by atoms with van der Waals surface area (Å²) in [6.07, 6.45) is 4.96. The molecule has 0 aliphatic heterocycles. The number of methoxy groups -OCH3 is 1. The van der Waals surface area contributed by atoms with Gasteiger partial charge in [-0.25, -0.2) is 0 Å².